The Balaban J connectivity index is 1.98. The minimum absolute atomic E-state index is 0.0760. The number of amides is 1. The fourth-order valence-electron chi connectivity index (χ4n) is 1.76. The van der Waals surface area contributed by atoms with Crippen molar-refractivity contribution in [3.8, 4) is 5.75 Å². The maximum absolute atomic E-state index is 12.3. The van der Waals surface area contributed by atoms with Gasteiger partial charge >= 0.3 is 6.36 Å². The number of para-hydroxylation sites is 3. The fourth-order valence-corrected chi connectivity index (χ4v) is 2.14. The summed E-state index contributed by atoms with van der Waals surface area (Å²) in [4.78, 5) is 11.9. The van der Waals surface area contributed by atoms with E-state index in [9.17, 15) is 18.0 Å². The van der Waals surface area contributed by atoms with Crippen molar-refractivity contribution in [2.24, 2.45) is 0 Å². The van der Waals surface area contributed by atoms with Crippen LogP contribution >= 0.6 is 15.9 Å². The van der Waals surface area contributed by atoms with Crippen LogP contribution in [0.25, 0.3) is 0 Å². The third-order valence-corrected chi connectivity index (χ3v) is 3.39. The Hall–Kier alpha value is -2.22. The Bertz CT molecular complexity index is 692. The van der Waals surface area contributed by atoms with E-state index in [2.05, 4.69) is 31.3 Å². The van der Waals surface area contributed by atoms with Gasteiger partial charge in [0.2, 0.25) is 5.91 Å². The van der Waals surface area contributed by atoms with Crippen LogP contribution in [0.15, 0.2) is 53.0 Å². The Morgan fingerprint density at radius 3 is 2.30 bits per heavy atom. The molecular weight excluding hydrogens is 377 g/mol. The fraction of sp³-hybridized carbons (Fsp3) is 0.133. The van der Waals surface area contributed by atoms with E-state index in [-0.39, 0.29) is 12.2 Å². The maximum atomic E-state index is 12.3. The second kappa shape index (κ2) is 7.36. The van der Waals surface area contributed by atoms with Crippen molar-refractivity contribution in [2.75, 3.05) is 17.2 Å². The molecule has 0 aromatic heterocycles. The molecule has 0 fully saturated rings. The molecule has 23 heavy (non-hydrogen) atoms. The van der Waals surface area contributed by atoms with E-state index < -0.39 is 18.0 Å². The number of alkyl halides is 3. The standard InChI is InChI=1S/C15H12BrF3N2O2/c16-10-5-1-2-6-11(10)21-14(22)9-20-12-7-3-4-8-13(12)23-15(17,18)19/h1-8,20H,9H2,(H,21,22). The highest BCUT2D eigenvalue weighted by atomic mass is 79.9. The Kier molecular flexibility index (Phi) is 5.49. The molecular formula is C15H12BrF3N2O2. The highest BCUT2D eigenvalue weighted by molar-refractivity contribution is 9.10. The molecule has 2 N–H and O–H groups in total. The predicted octanol–water partition coefficient (Wildman–Crippen LogP) is 4.40. The first-order chi connectivity index (χ1) is 10.8. The molecule has 0 unspecified atom stereocenters. The van der Waals surface area contributed by atoms with E-state index in [1.54, 1.807) is 24.3 Å². The van der Waals surface area contributed by atoms with Crippen molar-refractivity contribution < 1.29 is 22.7 Å². The molecule has 0 bridgehead atoms. The van der Waals surface area contributed by atoms with E-state index >= 15 is 0 Å². The molecule has 0 saturated heterocycles. The van der Waals surface area contributed by atoms with Crippen molar-refractivity contribution >= 4 is 33.2 Å². The SMILES string of the molecule is O=C(CNc1ccccc1OC(F)(F)F)Nc1ccccc1Br. The van der Waals surface area contributed by atoms with E-state index in [4.69, 9.17) is 0 Å². The normalized spacial score (nSPS) is 11.0. The van der Waals surface area contributed by atoms with Gasteiger partial charge in [0.05, 0.1) is 17.9 Å². The van der Waals surface area contributed by atoms with Crippen molar-refractivity contribution in [3.63, 3.8) is 0 Å². The van der Waals surface area contributed by atoms with Crippen molar-refractivity contribution in [1.82, 2.24) is 0 Å². The third-order valence-electron chi connectivity index (χ3n) is 2.70. The summed E-state index contributed by atoms with van der Waals surface area (Å²) in [5, 5.41) is 5.26. The highest BCUT2D eigenvalue weighted by Crippen LogP contribution is 2.29. The zero-order chi connectivity index (χ0) is 16.9. The number of carbonyl (C=O) groups excluding carboxylic acids is 1. The summed E-state index contributed by atoms with van der Waals surface area (Å²) in [5.74, 6) is -0.799. The van der Waals surface area contributed by atoms with Crippen molar-refractivity contribution in [1.29, 1.82) is 0 Å². The van der Waals surface area contributed by atoms with Gasteiger partial charge in [-0.25, -0.2) is 0 Å². The van der Waals surface area contributed by atoms with Gasteiger partial charge in [-0.2, -0.15) is 0 Å². The molecule has 2 aromatic carbocycles. The molecule has 8 heteroatoms. The topological polar surface area (TPSA) is 50.4 Å². The van der Waals surface area contributed by atoms with E-state index in [1.165, 1.54) is 24.3 Å². The minimum Gasteiger partial charge on any atom is -0.404 e. The summed E-state index contributed by atoms with van der Waals surface area (Å²) < 4.78 is 41.6. The van der Waals surface area contributed by atoms with E-state index in [0.717, 1.165) is 0 Å². The number of halogens is 4. The number of ether oxygens (including phenoxy) is 1. The summed E-state index contributed by atoms with van der Waals surface area (Å²) in [6.45, 7) is -0.209. The molecule has 0 aliphatic heterocycles. The molecule has 0 atom stereocenters. The lowest BCUT2D eigenvalue weighted by Crippen LogP contribution is -2.23. The summed E-state index contributed by atoms with van der Waals surface area (Å²) in [5.41, 5.74) is 0.645. The van der Waals surface area contributed by atoms with Crippen molar-refractivity contribution in [2.45, 2.75) is 6.36 Å². The highest BCUT2D eigenvalue weighted by Gasteiger charge is 2.32. The van der Waals surface area contributed by atoms with Crippen LogP contribution in [0.5, 0.6) is 5.75 Å². The number of hydrogen-bond acceptors (Lipinski definition) is 3. The molecule has 2 rings (SSSR count). The summed E-state index contributed by atoms with van der Waals surface area (Å²) >= 11 is 3.29. The zero-order valence-electron chi connectivity index (χ0n) is 11.7. The average molecular weight is 389 g/mol. The second-order valence-electron chi connectivity index (χ2n) is 4.43. The van der Waals surface area contributed by atoms with Crippen LogP contribution in [0.4, 0.5) is 24.5 Å². The van der Waals surface area contributed by atoms with Crippen LogP contribution in [0, 0.1) is 0 Å². The van der Waals surface area contributed by atoms with Gasteiger partial charge in [-0.1, -0.05) is 24.3 Å². The molecule has 4 nitrogen and oxygen atoms in total. The molecule has 0 aliphatic rings. The van der Waals surface area contributed by atoms with E-state index in [0.29, 0.717) is 10.2 Å². The van der Waals surface area contributed by atoms with Gasteiger partial charge in [0, 0.05) is 4.47 Å². The van der Waals surface area contributed by atoms with Gasteiger partial charge in [0.25, 0.3) is 0 Å². The maximum Gasteiger partial charge on any atom is 0.573 e. The largest absolute Gasteiger partial charge is 0.573 e. The molecule has 1 amide bonds. The number of hydrogen-bond donors (Lipinski definition) is 2. The van der Waals surface area contributed by atoms with Gasteiger partial charge in [0.1, 0.15) is 0 Å². The van der Waals surface area contributed by atoms with Crippen molar-refractivity contribution in [3.05, 3.63) is 53.0 Å². The third kappa shape index (κ3) is 5.48. The average Bonchev–Trinajstić information content (AvgIpc) is 2.47. The Morgan fingerprint density at radius 1 is 1.04 bits per heavy atom. The van der Waals surface area contributed by atoms with Gasteiger partial charge in [-0.15, -0.1) is 13.2 Å². The molecule has 122 valence electrons. The number of anilines is 2. The smallest absolute Gasteiger partial charge is 0.404 e. The van der Waals surface area contributed by atoms with Gasteiger partial charge in [0.15, 0.2) is 5.75 Å². The summed E-state index contributed by atoms with van der Waals surface area (Å²) in [7, 11) is 0. The predicted molar refractivity (Wildman–Crippen MR) is 84.4 cm³/mol. The lowest BCUT2D eigenvalue weighted by Gasteiger charge is -2.14. The monoisotopic (exact) mass is 388 g/mol. The number of rotatable bonds is 5. The second-order valence-corrected chi connectivity index (χ2v) is 5.28. The molecule has 0 saturated carbocycles. The molecule has 0 aliphatic carbocycles. The number of carbonyl (C=O) groups is 1. The van der Waals surface area contributed by atoms with Crippen LogP contribution in [0.2, 0.25) is 0 Å². The molecule has 0 heterocycles. The Morgan fingerprint density at radius 2 is 1.65 bits per heavy atom. The Labute approximate surface area is 138 Å². The first-order valence-electron chi connectivity index (χ1n) is 6.48. The number of benzene rings is 2. The van der Waals surface area contributed by atoms with Crippen LogP contribution in [-0.2, 0) is 4.79 Å². The first kappa shape index (κ1) is 17.1. The minimum atomic E-state index is -4.80. The van der Waals surface area contributed by atoms with Crippen LogP contribution in [0.1, 0.15) is 0 Å². The lowest BCUT2D eigenvalue weighted by molar-refractivity contribution is -0.274. The first-order valence-corrected chi connectivity index (χ1v) is 7.27. The van der Waals surface area contributed by atoms with Gasteiger partial charge < -0.3 is 15.4 Å². The molecule has 0 radical (unpaired) electrons. The van der Waals surface area contributed by atoms with Gasteiger partial charge in [-0.3, -0.25) is 4.79 Å². The number of nitrogens with one attached hydrogen (secondary N) is 2. The molecule has 0 spiro atoms. The van der Waals surface area contributed by atoms with Gasteiger partial charge in [-0.05, 0) is 40.2 Å². The van der Waals surface area contributed by atoms with Crippen LogP contribution in [0.3, 0.4) is 0 Å². The van der Waals surface area contributed by atoms with E-state index in [1.807, 2.05) is 0 Å². The van der Waals surface area contributed by atoms with Crippen LogP contribution < -0.4 is 15.4 Å². The zero-order valence-corrected chi connectivity index (χ0v) is 13.2. The molecule has 2 aromatic rings. The summed E-state index contributed by atoms with van der Waals surface area (Å²) in [6, 6.07) is 12.5. The quantitative estimate of drug-likeness (QED) is 0.797. The van der Waals surface area contributed by atoms with Crippen LogP contribution in [-0.4, -0.2) is 18.8 Å². The summed E-state index contributed by atoms with van der Waals surface area (Å²) in [6.07, 6.45) is -4.80. The lowest BCUT2D eigenvalue weighted by atomic mass is 10.3.